The third kappa shape index (κ3) is 3.68. The molecule has 0 unspecified atom stereocenters. The summed E-state index contributed by atoms with van der Waals surface area (Å²) >= 11 is 0. The first-order valence-corrected chi connectivity index (χ1v) is 9.28. The highest BCUT2D eigenvalue weighted by molar-refractivity contribution is 5.95. The summed E-state index contributed by atoms with van der Waals surface area (Å²) in [5, 5.41) is 7.70. The number of nitrogens with one attached hydrogen (secondary N) is 1. The van der Waals surface area contributed by atoms with E-state index >= 15 is 0 Å². The average Bonchev–Trinajstić information content (AvgIpc) is 3.26. The Hall–Kier alpha value is -2.12. The van der Waals surface area contributed by atoms with E-state index in [0.29, 0.717) is 30.4 Å². The lowest BCUT2D eigenvalue weighted by Gasteiger charge is -2.22. The van der Waals surface area contributed by atoms with Crippen LogP contribution in [0.5, 0.6) is 0 Å². The lowest BCUT2D eigenvalue weighted by atomic mass is 10.0. The molecular weight excluding hydrogens is 334 g/mol. The van der Waals surface area contributed by atoms with Crippen molar-refractivity contribution in [3.8, 4) is 0 Å². The highest BCUT2D eigenvalue weighted by atomic mass is 16.5. The molecule has 2 aromatic rings. The highest BCUT2D eigenvalue weighted by Crippen LogP contribution is 2.26. The first-order valence-electron chi connectivity index (χ1n) is 9.28. The third-order valence-corrected chi connectivity index (χ3v) is 5.20. The summed E-state index contributed by atoms with van der Waals surface area (Å²) in [6.45, 7) is 5.45. The van der Waals surface area contributed by atoms with Gasteiger partial charge < -0.3 is 19.2 Å². The van der Waals surface area contributed by atoms with Gasteiger partial charge in [0.1, 0.15) is 11.9 Å². The van der Waals surface area contributed by atoms with Gasteiger partial charge >= 0.3 is 0 Å². The zero-order chi connectivity index (χ0) is 17.9. The molecule has 1 fully saturated rings. The first-order chi connectivity index (χ1) is 12.7. The number of carbonyl (C=O) groups is 1. The van der Waals surface area contributed by atoms with Gasteiger partial charge in [0.25, 0.3) is 5.91 Å². The van der Waals surface area contributed by atoms with Crippen molar-refractivity contribution in [2.75, 3.05) is 26.4 Å². The molecule has 1 N–H and O–H groups in total. The Morgan fingerprint density at radius 2 is 2.19 bits per heavy atom. The number of aryl methyl sites for hydroxylation is 1. The molecule has 26 heavy (non-hydrogen) atoms. The number of ether oxygens (including phenoxy) is 2. The lowest BCUT2D eigenvalue weighted by molar-refractivity contribution is 0.0379. The molecule has 0 radical (unpaired) electrons. The summed E-state index contributed by atoms with van der Waals surface area (Å²) < 4.78 is 18.5. The van der Waals surface area contributed by atoms with Crippen LogP contribution in [0.4, 0.5) is 0 Å². The van der Waals surface area contributed by atoms with Crippen molar-refractivity contribution >= 4 is 5.91 Å². The summed E-state index contributed by atoms with van der Waals surface area (Å²) in [6, 6.07) is 1.68. The van der Waals surface area contributed by atoms with Gasteiger partial charge in [-0.25, -0.2) is 0 Å². The number of rotatable bonds is 5. The standard InChI is InChI=1S/C19H25N3O4/c1-13-16(5-9-25-13)19(23)20-10-17-18-15(4-8-26-17)12-22(21-18)11-14-2-6-24-7-3-14/h5,9,12,14,17H,2-4,6-8,10-11H2,1H3,(H,20,23)/t17-/m0/s1. The van der Waals surface area contributed by atoms with Gasteiger partial charge in [-0.15, -0.1) is 0 Å². The smallest absolute Gasteiger partial charge is 0.254 e. The molecule has 4 rings (SSSR count). The number of hydrogen-bond acceptors (Lipinski definition) is 5. The van der Waals surface area contributed by atoms with Crippen molar-refractivity contribution in [3.63, 3.8) is 0 Å². The fourth-order valence-electron chi connectivity index (χ4n) is 3.68. The van der Waals surface area contributed by atoms with Crippen LogP contribution in [0.2, 0.25) is 0 Å². The largest absolute Gasteiger partial charge is 0.469 e. The summed E-state index contributed by atoms with van der Waals surface area (Å²) in [5.41, 5.74) is 2.74. The molecule has 1 saturated heterocycles. The molecule has 0 saturated carbocycles. The van der Waals surface area contributed by atoms with Crippen LogP contribution in [0.25, 0.3) is 0 Å². The molecule has 2 aliphatic heterocycles. The van der Waals surface area contributed by atoms with Crippen molar-refractivity contribution in [1.29, 1.82) is 0 Å². The maximum Gasteiger partial charge on any atom is 0.254 e. The number of nitrogens with zero attached hydrogens (tertiary/aromatic N) is 2. The van der Waals surface area contributed by atoms with Crippen LogP contribution in [-0.4, -0.2) is 42.1 Å². The van der Waals surface area contributed by atoms with Crippen molar-refractivity contribution in [2.24, 2.45) is 5.92 Å². The molecule has 2 aliphatic rings. The van der Waals surface area contributed by atoms with E-state index in [9.17, 15) is 4.79 Å². The van der Waals surface area contributed by atoms with Gasteiger partial charge in [0.2, 0.25) is 0 Å². The first kappa shape index (κ1) is 17.3. The van der Waals surface area contributed by atoms with Crippen LogP contribution in [0, 0.1) is 12.8 Å². The van der Waals surface area contributed by atoms with Gasteiger partial charge in [0.15, 0.2) is 0 Å². The second kappa shape index (κ2) is 7.63. The van der Waals surface area contributed by atoms with Crippen molar-refractivity contribution in [2.45, 2.75) is 38.8 Å². The zero-order valence-electron chi connectivity index (χ0n) is 15.1. The Balaban J connectivity index is 1.40. The van der Waals surface area contributed by atoms with E-state index in [1.807, 2.05) is 4.68 Å². The highest BCUT2D eigenvalue weighted by Gasteiger charge is 2.26. The quantitative estimate of drug-likeness (QED) is 0.886. The van der Waals surface area contributed by atoms with E-state index in [0.717, 1.165) is 44.7 Å². The normalized spacial score (nSPS) is 20.7. The third-order valence-electron chi connectivity index (χ3n) is 5.20. The van der Waals surface area contributed by atoms with Crippen LogP contribution < -0.4 is 5.32 Å². The second-order valence-electron chi connectivity index (χ2n) is 7.03. The molecule has 2 aromatic heterocycles. The predicted molar refractivity (Wildman–Crippen MR) is 93.9 cm³/mol. The van der Waals surface area contributed by atoms with Gasteiger partial charge in [-0.05, 0) is 43.7 Å². The van der Waals surface area contributed by atoms with Gasteiger partial charge in [-0.3, -0.25) is 9.48 Å². The Labute approximate surface area is 152 Å². The summed E-state index contributed by atoms with van der Waals surface area (Å²) in [4.78, 5) is 12.3. The topological polar surface area (TPSA) is 78.5 Å². The molecule has 7 nitrogen and oxygen atoms in total. The molecule has 4 heterocycles. The Bertz CT molecular complexity index is 761. The molecule has 0 aromatic carbocycles. The Morgan fingerprint density at radius 1 is 1.35 bits per heavy atom. The van der Waals surface area contributed by atoms with Crippen LogP contribution in [-0.2, 0) is 22.4 Å². The van der Waals surface area contributed by atoms with Crippen molar-refractivity contribution in [1.82, 2.24) is 15.1 Å². The van der Waals surface area contributed by atoms with Crippen LogP contribution in [0.3, 0.4) is 0 Å². The molecule has 140 valence electrons. The van der Waals surface area contributed by atoms with Gasteiger partial charge in [0.05, 0.1) is 24.1 Å². The maximum atomic E-state index is 12.3. The number of hydrogen-bond donors (Lipinski definition) is 1. The van der Waals surface area contributed by atoms with Gasteiger partial charge in [-0.2, -0.15) is 5.10 Å². The Kier molecular flexibility index (Phi) is 5.08. The van der Waals surface area contributed by atoms with Crippen molar-refractivity contribution in [3.05, 3.63) is 41.1 Å². The molecule has 0 aliphatic carbocycles. The fraction of sp³-hybridized carbons (Fsp3) is 0.579. The van der Waals surface area contributed by atoms with E-state index in [-0.39, 0.29) is 12.0 Å². The Morgan fingerprint density at radius 3 is 2.96 bits per heavy atom. The summed E-state index contributed by atoms with van der Waals surface area (Å²) in [5.74, 6) is 1.09. The number of amides is 1. The van der Waals surface area contributed by atoms with E-state index in [4.69, 9.17) is 19.0 Å². The molecular formula is C19H25N3O4. The van der Waals surface area contributed by atoms with Crippen molar-refractivity contribution < 1.29 is 18.7 Å². The minimum absolute atomic E-state index is 0.145. The molecule has 0 spiro atoms. The molecule has 7 heteroatoms. The summed E-state index contributed by atoms with van der Waals surface area (Å²) in [7, 11) is 0. The second-order valence-corrected chi connectivity index (χ2v) is 7.03. The SMILES string of the molecule is Cc1occc1C(=O)NC[C@@H]1OCCc2cn(CC3CCOCC3)nc21. The number of aromatic nitrogens is 2. The average molecular weight is 359 g/mol. The van der Waals surface area contributed by atoms with Crippen LogP contribution in [0.15, 0.2) is 22.9 Å². The number of furan rings is 1. The minimum Gasteiger partial charge on any atom is -0.469 e. The van der Waals surface area contributed by atoms with Crippen LogP contribution in [0.1, 0.15) is 46.3 Å². The monoisotopic (exact) mass is 359 g/mol. The molecule has 0 bridgehead atoms. The van der Waals surface area contributed by atoms with E-state index in [1.54, 1.807) is 13.0 Å². The minimum atomic E-state index is -0.203. The number of carbonyl (C=O) groups excluding carboxylic acids is 1. The van der Waals surface area contributed by atoms with E-state index < -0.39 is 0 Å². The zero-order valence-corrected chi connectivity index (χ0v) is 15.1. The summed E-state index contributed by atoms with van der Waals surface area (Å²) in [6.07, 6.45) is 6.51. The fourth-order valence-corrected chi connectivity index (χ4v) is 3.68. The van der Waals surface area contributed by atoms with Crippen LogP contribution >= 0.6 is 0 Å². The lowest BCUT2D eigenvalue weighted by Crippen LogP contribution is -2.32. The van der Waals surface area contributed by atoms with E-state index in [1.165, 1.54) is 11.8 Å². The molecule has 1 amide bonds. The van der Waals surface area contributed by atoms with E-state index in [2.05, 4.69) is 11.5 Å². The predicted octanol–water partition coefficient (Wildman–Crippen LogP) is 2.25. The van der Waals surface area contributed by atoms with Gasteiger partial charge in [0, 0.05) is 32.5 Å². The maximum absolute atomic E-state index is 12.3. The van der Waals surface area contributed by atoms with Gasteiger partial charge in [-0.1, -0.05) is 0 Å². The molecule has 1 atom stereocenters. The number of fused-ring (bicyclic) bond motifs is 1.